The van der Waals surface area contributed by atoms with Crippen molar-refractivity contribution in [2.24, 2.45) is 0 Å². The Morgan fingerprint density at radius 2 is 1.63 bits per heavy atom. The molecule has 5 aromatic rings. The second-order valence-corrected chi connectivity index (χ2v) is 11.8. The molecule has 7 nitrogen and oxygen atoms in total. The molecule has 4 N–H and O–H groups in total. The molecule has 0 saturated carbocycles. The molecular formula is C33H26Cl2N4O3S. The van der Waals surface area contributed by atoms with Crippen LogP contribution in [0.2, 0.25) is 10.0 Å². The van der Waals surface area contributed by atoms with Crippen LogP contribution >= 0.6 is 35.0 Å². The normalized spacial score (nSPS) is 12.0. The standard InChI is InChI=1S/C33H26Cl2N4O3S/c1-20(31(40)37-26-13-11-21-14-15-36-29(21)19-26)43-27-9-5-8-25(18-27)38-33(42)30(16-23-10-12-24(34)17-28(23)35)39-32(41)22-6-3-2-4-7-22/h2-20,36H,1H3,(H,37,40)(H,38,42)(H,39,41)/b30-16+. The molecular weight excluding hydrogens is 603 g/mol. The Hall–Kier alpha value is -4.50. The number of fused-ring (bicyclic) bond motifs is 1. The van der Waals surface area contributed by atoms with Gasteiger partial charge in [0.2, 0.25) is 5.91 Å². The van der Waals surface area contributed by atoms with E-state index in [1.165, 1.54) is 17.8 Å². The Morgan fingerprint density at radius 3 is 2.42 bits per heavy atom. The quantitative estimate of drug-likeness (QED) is 0.0980. The van der Waals surface area contributed by atoms with E-state index in [-0.39, 0.29) is 11.6 Å². The number of rotatable bonds is 9. The summed E-state index contributed by atoms with van der Waals surface area (Å²) in [6.45, 7) is 1.81. The number of H-pyrrole nitrogens is 1. The van der Waals surface area contributed by atoms with Gasteiger partial charge in [-0.3, -0.25) is 14.4 Å². The topological polar surface area (TPSA) is 103 Å². The van der Waals surface area contributed by atoms with Crippen LogP contribution in [0.1, 0.15) is 22.8 Å². The molecule has 216 valence electrons. The van der Waals surface area contributed by atoms with E-state index in [0.717, 1.165) is 15.8 Å². The third-order valence-electron chi connectivity index (χ3n) is 6.39. The predicted octanol–water partition coefficient (Wildman–Crippen LogP) is 8.00. The molecule has 5 rings (SSSR count). The minimum atomic E-state index is -0.553. The fourth-order valence-corrected chi connectivity index (χ4v) is 5.58. The van der Waals surface area contributed by atoms with Gasteiger partial charge in [0.25, 0.3) is 11.8 Å². The highest BCUT2D eigenvalue weighted by atomic mass is 35.5. The minimum Gasteiger partial charge on any atom is -0.361 e. The first-order chi connectivity index (χ1) is 20.7. The maximum Gasteiger partial charge on any atom is 0.272 e. The van der Waals surface area contributed by atoms with E-state index in [0.29, 0.717) is 32.5 Å². The molecule has 0 saturated heterocycles. The lowest BCUT2D eigenvalue weighted by Gasteiger charge is -2.14. The molecule has 43 heavy (non-hydrogen) atoms. The van der Waals surface area contributed by atoms with Crippen molar-refractivity contribution in [2.75, 3.05) is 10.6 Å². The third kappa shape index (κ3) is 7.87. The van der Waals surface area contributed by atoms with Crippen molar-refractivity contribution in [3.63, 3.8) is 0 Å². The van der Waals surface area contributed by atoms with Crippen LogP contribution in [0.15, 0.2) is 114 Å². The summed E-state index contributed by atoms with van der Waals surface area (Å²) in [4.78, 5) is 43.2. The highest BCUT2D eigenvalue weighted by Crippen LogP contribution is 2.28. The van der Waals surface area contributed by atoms with Gasteiger partial charge in [-0.2, -0.15) is 0 Å². The van der Waals surface area contributed by atoms with Crippen molar-refractivity contribution in [2.45, 2.75) is 17.1 Å². The lowest BCUT2D eigenvalue weighted by molar-refractivity contribution is -0.115. The van der Waals surface area contributed by atoms with E-state index in [9.17, 15) is 14.4 Å². The van der Waals surface area contributed by atoms with E-state index in [1.54, 1.807) is 66.7 Å². The van der Waals surface area contributed by atoms with Gasteiger partial charge in [-0.05, 0) is 84.6 Å². The van der Waals surface area contributed by atoms with Crippen molar-refractivity contribution < 1.29 is 14.4 Å². The van der Waals surface area contributed by atoms with Crippen molar-refractivity contribution in [3.8, 4) is 0 Å². The van der Waals surface area contributed by atoms with Crippen LogP contribution in [0.3, 0.4) is 0 Å². The minimum absolute atomic E-state index is 0.0112. The first kappa shape index (κ1) is 30.0. The van der Waals surface area contributed by atoms with E-state index < -0.39 is 17.1 Å². The van der Waals surface area contributed by atoms with Gasteiger partial charge >= 0.3 is 0 Å². The summed E-state index contributed by atoms with van der Waals surface area (Å²) in [5.41, 5.74) is 3.01. The molecule has 3 amide bonds. The van der Waals surface area contributed by atoms with Gasteiger partial charge in [0.15, 0.2) is 0 Å². The van der Waals surface area contributed by atoms with Crippen molar-refractivity contribution in [1.29, 1.82) is 0 Å². The molecule has 1 atom stereocenters. The number of carbonyl (C=O) groups excluding carboxylic acids is 3. The smallest absolute Gasteiger partial charge is 0.272 e. The van der Waals surface area contributed by atoms with Gasteiger partial charge in [-0.25, -0.2) is 0 Å². The van der Waals surface area contributed by atoms with Crippen LogP contribution in [0.4, 0.5) is 11.4 Å². The zero-order valence-electron chi connectivity index (χ0n) is 22.9. The molecule has 1 aromatic heterocycles. The number of amides is 3. The number of anilines is 2. The number of benzene rings is 4. The highest BCUT2D eigenvalue weighted by molar-refractivity contribution is 8.00. The summed E-state index contributed by atoms with van der Waals surface area (Å²) in [5, 5.41) is 9.90. The average Bonchev–Trinajstić information content (AvgIpc) is 3.46. The lowest BCUT2D eigenvalue weighted by Crippen LogP contribution is -2.30. The molecule has 0 radical (unpaired) electrons. The number of aromatic nitrogens is 1. The Balaban J connectivity index is 1.30. The molecule has 0 fully saturated rings. The van der Waals surface area contributed by atoms with E-state index in [4.69, 9.17) is 23.2 Å². The van der Waals surface area contributed by atoms with Crippen LogP contribution < -0.4 is 16.0 Å². The van der Waals surface area contributed by atoms with Crippen LogP contribution in [0.5, 0.6) is 0 Å². The second kappa shape index (κ2) is 13.6. The zero-order valence-corrected chi connectivity index (χ0v) is 25.2. The average molecular weight is 630 g/mol. The van der Waals surface area contributed by atoms with E-state index in [2.05, 4.69) is 20.9 Å². The van der Waals surface area contributed by atoms with Crippen molar-refractivity contribution in [1.82, 2.24) is 10.3 Å². The summed E-state index contributed by atoms with van der Waals surface area (Å²) >= 11 is 13.7. The second-order valence-electron chi connectivity index (χ2n) is 9.55. The fourth-order valence-electron chi connectivity index (χ4n) is 4.19. The Labute approximate surface area is 262 Å². The number of carbonyl (C=O) groups is 3. The first-order valence-electron chi connectivity index (χ1n) is 13.2. The van der Waals surface area contributed by atoms with Crippen LogP contribution in [-0.4, -0.2) is 28.0 Å². The molecule has 1 unspecified atom stereocenters. The molecule has 0 bridgehead atoms. The van der Waals surface area contributed by atoms with Gasteiger partial charge in [-0.15, -0.1) is 11.8 Å². The van der Waals surface area contributed by atoms with Crippen LogP contribution in [0, 0.1) is 0 Å². The first-order valence-corrected chi connectivity index (χ1v) is 14.9. The summed E-state index contributed by atoms with van der Waals surface area (Å²) in [7, 11) is 0. The van der Waals surface area contributed by atoms with Gasteiger partial charge in [0.1, 0.15) is 5.70 Å². The molecule has 0 spiro atoms. The predicted molar refractivity (Wildman–Crippen MR) is 176 cm³/mol. The number of aromatic amines is 1. The summed E-state index contributed by atoms with van der Waals surface area (Å²) in [5.74, 6) is -1.16. The lowest BCUT2D eigenvalue weighted by atomic mass is 10.1. The molecule has 4 aromatic carbocycles. The van der Waals surface area contributed by atoms with Gasteiger partial charge in [0.05, 0.1) is 5.25 Å². The van der Waals surface area contributed by atoms with Gasteiger partial charge in [0, 0.05) is 43.6 Å². The third-order valence-corrected chi connectivity index (χ3v) is 8.04. The number of hydrogen-bond donors (Lipinski definition) is 4. The maximum atomic E-state index is 13.4. The summed E-state index contributed by atoms with van der Waals surface area (Å²) < 4.78 is 0. The molecule has 0 aliphatic carbocycles. The molecule has 1 heterocycles. The summed E-state index contributed by atoms with van der Waals surface area (Å²) in [6.07, 6.45) is 3.34. The van der Waals surface area contributed by atoms with Crippen LogP contribution in [-0.2, 0) is 9.59 Å². The molecule has 0 aliphatic heterocycles. The van der Waals surface area contributed by atoms with E-state index in [1.807, 2.05) is 43.5 Å². The van der Waals surface area contributed by atoms with E-state index >= 15 is 0 Å². The highest BCUT2D eigenvalue weighted by Gasteiger charge is 2.18. The number of hydrogen-bond acceptors (Lipinski definition) is 4. The zero-order chi connectivity index (χ0) is 30.3. The van der Waals surface area contributed by atoms with Crippen molar-refractivity contribution >= 4 is 81.0 Å². The van der Waals surface area contributed by atoms with Gasteiger partial charge < -0.3 is 20.9 Å². The maximum absolute atomic E-state index is 13.4. The van der Waals surface area contributed by atoms with Gasteiger partial charge in [-0.1, -0.05) is 59.6 Å². The van der Waals surface area contributed by atoms with Crippen molar-refractivity contribution in [3.05, 3.63) is 130 Å². The number of thioether (sulfide) groups is 1. The molecule has 10 heteroatoms. The number of halogens is 2. The fraction of sp³-hybridized carbons (Fsp3) is 0.0606. The molecule has 0 aliphatic rings. The largest absolute Gasteiger partial charge is 0.361 e. The SMILES string of the molecule is CC(Sc1cccc(NC(=O)/C(=C\c2ccc(Cl)cc2Cl)NC(=O)c2ccccc2)c1)C(=O)Nc1ccc2cc[nH]c2c1. The van der Waals surface area contributed by atoms with Crippen LogP contribution in [0.25, 0.3) is 17.0 Å². The Bertz CT molecular complexity index is 1840. The summed E-state index contributed by atoms with van der Waals surface area (Å²) in [6, 6.07) is 28.2. The monoisotopic (exact) mass is 628 g/mol. The Kier molecular flexibility index (Phi) is 9.51. The Morgan fingerprint density at radius 1 is 0.837 bits per heavy atom. The number of nitrogens with one attached hydrogen (secondary N) is 4.